The molecule has 0 saturated carbocycles. The standard InChI is InChI=1S/C18H23FN2O3/c1-23-17(22)13-6-12-2-4-21(9-15(12)16(19)7-13)14-3-5-24-18(8-14)10-20-11-18/h6-7,14,20H,2-5,8-11H2,1H3/t14-/m0/s1. The van der Waals surface area contributed by atoms with Crippen LogP contribution in [0.5, 0.6) is 0 Å². The number of hydrogen-bond acceptors (Lipinski definition) is 5. The molecular formula is C18H23FN2O3. The number of fused-ring (bicyclic) bond motifs is 1. The monoisotopic (exact) mass is 334 g/mol. The first-order valence-corrected chi connectivity index (χ1v) is 8.59. The van der Waals surface area contributed by atoms with Crippen molar-refractivity contribution in [2.45, 2.75) is 37.5 Å². The number of methoxy groups -OCH3 is 1. The Hall–Kier alpha value is -1.50. The molecule has 1 N–H and O–H groups in total. The summed E-state index contributed by atoms with van der Waals surface area (Å²) in [5, 5.41) is 3.29. The molecule has 0 bridgehead atoms. The predicted octanol–water partition coefficient (Wildman–Crippen LogP) is 1.49. The first-order chi connectivity index (χ1) is 11.6. The molecule has 24 heavy (non-hydrogen) atoms. The Morgan fingerprint density at radius 1 is 1.46 bits per heavy atom. The number of halogens is 1. The molecule has 3 aliphatic rings. The van der Waals surface area contributed by atoms with Gasteiger partial charge in [0.15, 0.2) is 0 Å². The van der Waals surface area contributed by atoms with Crippen LogP contribution in [-0.2, 0) is 22.4 Å². The van der Waals surface area contributed by atoms with Gasteiger partial charge in [-0.2, -0.15) is 0 Å². The number of esters is 1. The summed E-state index contributed by atoms with van der Waals surface area (Å²) in [7, 11) is 1.32. The molecule has 1 atom stereocenters. The van der Waals surface area contributed by atoms with Crippen LogP contribution >= 0.6 is 0 Å². The SMILES string of the molecule is COC(=O)c1cc(F)c2c(c1)CCN([C@H]1CCOC3(CNC3)C1)C2. The van der Waals surface area contributed by atoms with Gasteiger partial charge >= 0.3 is 5.97 Å². The molecule has 6 heteroatoms. The van der Waals surface area contributed by atoms with Gasteiger partial charge in [-0.05, 0) is 37.0 Å². The molecule has 1 aromatic carbocycles. The largest absolute Gasteiger partial charge is 0.465 e. The zero-order valence-electron chi connectivity index (χ0n) is 13.9. The number of nitrogens with zero attached hydrogens (tertiary/aromatic N) is 1. The highest BCUT2D eigenvalue weighted by Gasteiger charge is 2.44. The molecule has 2 saturated heterocycles. The number of hydrogen-bond donors (Lipinski definition) is 1. The van der Waals surface area contributed by atoms with Crippen LogP contribution in [0.15, 0.2) is 12.1 Å². The molecule has 3 heterocycles. The highest BCUT2D eigenvalue weighted by atomic mass is 19.1. The molecule has 2 fully saturated rings. The summed E-state index contributed by atoms with van der Waals surface area (Å²) < 4.78 is 25.2. The van der Waals surface area contributed by atoms with E-state index in [-0.39, 0.29) is 11.4 Å². The number of ether oxygens (including phenoxy) is 2. The maximum atomic E-state index is 14.5. The average molecular weight is 334 g/mol. The van der Waals surface area contributed by atoms with Gasteiger partial charge in [-0.1, -0.05) is 0 Å². The van der Waals surface area contributed by atoms with Gasteiger partial charge in [0.2, 0.25) is 0 Å². The summed E-state index contributed by atoms with van der Waals surface area (Å²) in [5.41, 5.74) is 1.95. The summed E-state index contributed by atoms with van der Waals surface area (Å²) in [6, 6.07) is 3.52. The van der Waals surface area contributed by atoms with Crippen molar-refractivity contribution in [1.82, 2.24) is 10.2 Å². The fourth-order valence-corrected chi connectivity index (χ4v) is 4.15. The second kappa shape index (κ2) is 6.10. The fourth-order valence-electron chi connectivity index (χ4n) is 4.15. The van der Waals surface area contributed by atoms with Gasteiger partial charge in [0.05, 0.1) is 18.3 Å². The van der Waals surface area contributed by atoms with E-state index in [1.807, 2.05) is 0 Å². The van der Waals surface area contributed by atoms with E-state index in [1.54, 1.807) is 6.07 Å². The van der Waals surface area contributed by atoms with Gasteiger partial charge in [0, 0.05) is 44.4 Å². The Balaban J connectivity index is 1.52. The summed E-state index contributed by atoms with van der Waals surface area (Å²) >= 11 is 0. The van der Waals surface area contributed by atoms with Crippen LogP contribution in [-0.4, -0.2) is 55.9 Å². The summed E-state index contributed by atoms with van der Waals surface area (Å²) in [6.07, 6.45) is 2.77. The fraction of sp³-hybridized carbons (Fsp3) is 0.611. The van der Waals surface area contributed by atoms with Crippen LogP contribution in [0.4, 0.5) is 4.39 Å². The van der Waals surface area contributed by atoms with Crippen LogP contribution in [0.25, 0.3) is 0 Å². The van der Waals surface area contributed by atoms with E-state index in [9.17, 15) is 9.18 Å². The number of nitrogens with one attached hydrogen (secondary N) is 1. The van der Waals surface area contributed by atoms with Crippen molar-refractivity contribution in [3.05, 3.63) is 34.6 Å². The van der Waals surface area contributed by atoms with Crippen LogP contribution in [0, 0.1) is 5.82 Å². The van der Waals surface area contributed by atoms with E-state index in [2.05, 4.69) is 10.2 Å². The molecule has 1 aromatic rings. The Kier molecular flexibility index (Phi) is 4.06. The molecule has 0 aromatic heterocycles. The van der Waals surface area contributed by atoms with Crippen molar-refractivity contribution in [3.63, 3.8) is 0 Å². The molecule has 1 spiro atoms. The highest BCUT2D eigenvalue weighted by molar-refractivity contribution is 5.89. The van der Waals surface area contributed by atoms with Gasteiger partial charge in [-0.15, -0.1) is 0 Å². The lowest BCUT2D eigenvalue weighted by Crippen LogP contribution is -2.65. The third kappa shape index (κ3) is 2.72. The molecule has 130 valence electrons. The Bertz CT molecular complexity index is 660. The highest BCUT2D eigenvalue weighted by Crippen LogP contribution is 2.34. The summed E-state index contributed by atoms with van der Waals surface area (Å²) in [4.78, 5) is 14.0. The normalized spacial score (nSPS) is 25.8. The van der Waals surface area contributed by atoms with Crippen LogP contribution < -0.4 is 5.32 Å². The van der Waals surface area contributed by atoms with E-state index < -0.39 is 5.97 Å². The zero-order valence-corrected chi connectivity index (χ0v) is 13.9. The van der Waals surface area contributed by atoms with Crippen LogP contribution in [0.1, 0.15) is 34.3 Å². The minimum absolute atomic E-state index is 0.00349. The molecule has 0 radical (unpaired) electrons. The Labute approximate surface area is 141 Å². The van der Waals surface area contributed by atoms with E-state index >= 15 is 0 Å². The minimum Gasteiger partial charge on any atom is -0.465 e. The molecule has 4 rings (SSSR count). The maximum Gasteiger partial charge on any atom is 0.337 e. The lowest BCUT2D eigenvalue weighted by Gasteiger charge is -2.50. The van der Waals surface area contributed by atoms with E-state index in [4.69, 9.17) is 9.47 Å². The van der Waals surface area contributed by atoms with Gasteiger partial charge in [-0.3, -0.25) is 4.90 Å². The summed E-state index contributed by atoms with van der Waals surface area (Å²) in [5.74, 6) is -0.785. The van der Waals surface area contributed by atoms with E-state index in [0.29, 0.717) is 18.2 Å². The van der Waals surface area contributed by atoms with E-state index in [0.717, 1.165) is 56.6 Å². The molecule has 0 aliphatic carbocycles. The summed E-state index contributed by atoms with van der Waals surface area (Å²) in [6.45, 7) is 4.12. The van der Waals surface area contributed by atoms with E-state index in [1.165, 1.54) is 13.2 Å². The van der Waals surface area contributed by atoms with Crippen LogP contribution in [0.2, 0.25) is 0 Å². The molecule has 0 amide bonds. The Morgan fingerprint density at radius 2 is 2.29 bits per heavy atom. The van der Waals surface area contributed by atoms with Crippen molar-refractivity contribution in [2.75, 3.05) is 33.4 Å². The second-order valence-corrected chi connectivity index (χ2v) is 7.09. The van der Waals surface area contributed by atoms with Gasteiger partial charge in [-0.25, -0.2) is 9.18 Å². The Morgan fingerprint density at radius 3 is 3.00 bits per heavy atom. The van der Waals surface area contributed by atoms with Crippen molar-refractivity contribution in [1.29, 1.82) is 0 Å². The lowest BCUT2D eigenvalue weighted by atomic mass is 9.84. The lowest BCUT2D eigenvalue weighted by molar-refractivity contribution is -0.134. The number of rotatable bonds is 2. The molecular weight excluding hydrogens is 311 g/mol. The smallest absolute Gasteiger partial charge is 0.337 e. The topological polar surface area (TPSA) is 50.8 Å². The first kappa shape index (κ1) is 16.0. The minimum atomic E-state index is -0.483. The number of carbonyl (C=O) groups excluding carboxylic acids is 1. The van der Waals surface area contributed by atoms with Gasteiger partial charge in [0.1, 0.15) is 5.82 Å². The van der Waals surface area contributed by atoms with Crippen molar-refractivity contribution < 1.29 is 18.7 Å². The van der Waals surface area contributed by atoms with Crippen LogP contribution in [0.3, 0.4) is 0 Å². The number of carbonyl (C=O) groups is 1. The third-order valence-electron chi connectivity index (χ3n) is 5.62. The zero-order chi connectivity index (χ0) is 16.7. The average Bonchev–Trinajstić information content (AvgIpc) is 2.59. The van der Waals surface area contributed by atoms with Crippen molar-refractivity contribution in [2.24, 2.45) is 0 Å². The third-order valence-corrected chi connectivity index (χ3v) is 5.62. The predicted molar refractivity (Wildman–Crippen MR) is 86.4 cm³/mol. The maximum absolute atomic E-state index is 14.5. The van der Waals surface area contributed by atoms with Gasteiger partial charge < -0.3 is 14.8 Å². The van der Waals surface area contributed by atoms with Gasteiger partial charge in [0.25, 0.3) is 0 Å². The number of benzene rings is 1. The molecule has 5 nitrogen and oxygen atoms in total. The van der Waals surface area contributed by atoms with Crippen molar-refractivity contribution in [3.8, 4) is 0 Å². The molecule has 0 unspecified atom stereocenters. The van der Waals surface area contributed by atoms with Crippen molar-refractivity contribution >= 4 is 5.97 Å². The second-order valence-electron chi connectivity index (χ2n) is 7.09. The molecule has 3 aliphatic heterocycles. The quantitative estimate of drug-likeness (QED) is 0.831. The first-order valence-electron chi connectivity index (χ1n) is 8.59.